The van der Waals surface area contributed by atoms with Gasteiger partial charge < -0.3 is 0 Å². The van der Waals surface area contributed by atoms with E-state index in [1.807, 2.05) is 42.5 Å². The molecule has 0 radical (unpaired) electrons. The molecular formula is C12H12F2Si. The normalized spacial score (nSPS) is 13.3. The van der Waals surface area contributed by atoms with Crippen molar-refractivity contribution in [3.8, 4) is 0 Å². The molecule has 0 saturated carbocycles. The summed E-state index contributed by atoms with van der Waals surface area (Å²) in [4.78, 5) is 0. The maximum Gasteiger partial charge on any atom is 0.418 e. The summed E-state index contributed by atoms with van der Waals surface area (Å²) in [7, 11) is -3.57. The molecule has 78 valence electrons. The van der Waals surface area contributed by atoms with Gasteiger partial charge in [0.1, 0.15) is 0 Å². The van der Waals surface area contributed by atoms with Gasteiger partial charge in [0.05, 0.1) is 0 Å². The highest BCUT2D eigenvalue weighted by Gasteiger charge is 2.20. The van der Waals surface area contributed by atoms with Crippen molar-refractivity contribution in [1.82, 2.24) is 0 Å². The molecule has 0 aromatic heterocycles. The van der Waals surface area contributed by atoms with Gasteiger partial charge in [-0.05, 0) is 16.3 Å². The Bertz CT molecular complexity index is 468. The van der Waals surface area contributed by atoms with Gasteiger partial charge in [-0.15, -0.1) is 0 Å². The molecule has 1 atom stereocenters. The Labute approximate surface area is 89.5 Å². The first-order chi connectivity index (χ1) is 7.18. The molecule has 0 saturated heterocycles. The topological polar surface area (TPSA) is 0 Å². The summed E-state index contributed by atoms with van der Waals surface area (Å²) in [6.07, 6.45) is 0. The van der Waals surface area contributed by atoms with E-state index in [1.54, 1.807) is 6.92 Å². The molecule has 0 heterocycles. The van der Waals surface area contributed by atoms with E-state index in [9.17, 15) is 8.22 Å². The molecule has 15 heavy (non-hydrogen) atoms. The van der Waals surface area contributed by atoms with Crippen LogP contribution in [0.5, 0.6) is 0 Å². The summed E-state index contributed by atoms with van der Waals surface area (Å²) in [5.41, 5.74) is 0.199. The van der Waals surface area contributed by atoms with Gasteiger partial charge in [0.2, 0.25) is 0 Å². The molecule has 2 aromatic carbocycles. The van der Waals surface area contributed by atoms with Crippen molar-refractivity contribution in [3.63, 3.8) is 0 Å². The third-order valence-corrected chi connectivity index (χ3v) is 3.82. The fourth-order valence-corrected chi connectivity index (χ4v) is 2.13. The second kappa shape index (κ2) is 4.11. The number of hydrogen-bond donors (Lipinski definition) is 0. The molecule has 0 bridgehead atoms. The molecule has 0 N–H and O–H groups in total. The van der Waals surface area contributed by atoms with Crippen LogP contribution < -0.4 is 0 Å². The Kier molecular flexibility index (Phi) is 2.82. The third kappa shape index (κ3) is 2.07. The van der Waals surface area contributed by atoms with E-state index in [0.717, 1.165) is 16.3 Å². The van der Waals surface area contributed by atoms with Crippen molar-refractivity contribution in [2.24, 2.45) is 0 Å². The molecule has 2 rings (SSSR count). The van der Waals surface area contributed by atoms with Gasteiger partial charge in [-0.1, -0.05) is 49.4 Å². The zero-order valence-electron chi connectivity index (χ0n) is 8.45. The largest absolute Gasteiger partial charge is 0.418 e. The fraction of sp³-hybridized carbons (Fsp3) is 0.167. The first-order valence-corrected chi connectivity index (χ1v) is 6.49. The maximum atomic E-state index is 12.7. The minimum atomic E-state index is -3.57. The lowest BCUT2D eigenvalue weighted by atomic mass is 10.1. The minimum absolute atomic E-state index is 0.561. The summed E-state index contributed by atoms with van der Waals surface area (Å²) in [6, 6.07) is 13.4. The first-order valence-electron chi connectivity index (χ1n) is 4.95. The van der Waals surface area contributed by atoms with E-state index < -0.39 is 15.0 Å². The highest BCUT2D eigenvalue weighted by Crippen LogP contribution is 2.24. The minimum Gasteiger partial charge on any atom is -0.274 e. The molecular weight excluding hydrogens is 210 g/mol. The molecule has 2 aromatic rings. The molecule has 0 spiro atoms. The van der Waals surface area contributed by atoms with Crippen molar-refractivity contribution < 1.29 is 8.22 Å². The Balaban J connectivity index is 2.47. The van der Waals surface area contributed by atoms with Gasteiger partial charge in [-0.3, -0.25) is 8.22 Å². The van der Waals surface area contributed by atoms with Gasteiger partial charge in [-0.25, -0.2) is 0 Å². The van der Waals surface area contributed by atoms with Crippen molar-refractivity contribution in [2.45, 2.75) is 12.5 Å². The first kappa shape index (κ1) is 10.3. The molecule has 0 aliphatic carbocycles. The number of fused-ring (bicyclic) bond motifs is 1. The van der Waals surface area contributed by atoms with E-state index in [4.69, 9.17) is 0 Å². The van der Waals surface area contributed by atoms with E-state index in [0.29, 0.717) is 0 Å². The van der Waals surface area contributed by atoms with Gasteiger partial charge in [0.15, 0.2) is 0 Å². The van der Waals surface area contributed by atoms with Crippen LogP contribution in [0.4, 0.5) is 8.22 Å². The van der Waals surface area contributed by atoms with E-state index in [-0.39, 0.29) is 0 Å². The molecule has 0 aliphatic rings. The van der Waals surface area contributed by atoms with Crippen LogP contribution in [0.25, 0.3) is 10.8 Å². The fourth-order valence-electron chi connectivity index (χ4n) is 1.64. The lowest BCUT2D eigenvalue weighted by molar-refractivity contribution is 0.625. The Morgan fingerprint density at radius 1 is 1.00 bits per heavy atom. The second-order valence-corrected chi connectivity index (χ2v) is 5.40. The summed E-state index contributed by atoms with van der Waals surface area (Å²) in [6.45, 7) is 1.61. The van der Waals surface area contributed by atoms with E-state index >= 15 is 0 Å². The predicted octanol–water partition coefficient (Wildman–Crippen LogP) is 3.64. The summed E-state index contributed by atoms with van der Waals surface area (Å²) in [5, 5.41) is 2.14. The predicted molar refractivity (Wildman–Crippen MR) is 61.7 cm³/mol. The SMILES string of the molecule is CC(c1ccc2ccccc2c1)[SiH](F)F. The van der Waals surface area contributed by atoms with Crippen LogP contribution in [-0.2, 0) is 0 Å². The Morgan fingerprint density at radius 2 is 1.67 bits per heavy atom. The standard InChI is InChI=1S/C12H12F2Si/c1-9(15(13)14)11-7-6-10-4-2-3-5-12(10)8-11/h2-9,15H,1H3. The lowest BCUT2D eigenvalue weighted by Gasteiger charge is -2.09. The Morgan fingerprint density at radius 3 is 2.33 bits per heavy atom. The molecule has 0 fully saturated rings. The zero-order valence-corrected chi connectivity index (χ0v) is 9.61. The molecule has 0 nitrogen and oxygen atoms in total. The van der Waals surface area contributed by atoms with E-state index in [2.05, 4.69) is 0 Å². The number of benzene rings is 2. The van der Waals surface area contributed by atoms with Gasteiger partial charge >= 0.3 is 9.46 Å². The highest BCUT2D eigenvalue weighted by molar-refractivity contribution is 6.44. The third-order valence-electron chi connectivity index (χ3n) is 2.68. The van der Waals surface area contributed by atoms with Crippen LogP contribution in [0.15, 0.2) is 42.5 Å². The molecule has 0 amide bonds. The monoisotopic (exact) mass is 222 g/mol. The number of rotatable bonds is 2. The summed E-state index contributed by atoms with van der Waals surface area (Å²) < 4.78 is 25.3. The average Bonchev–Trinajstić information content (AvgIpc) is 2.27. The highest BCUT2D eigenvalue weighted by atomic mass is 28.4. The number of halogens is 2. The van der Waals surface area contributed by atoms with Crippen LogP contribution in [0.3, 0.4) is 0 Å². The number of hydrogen-bond acceptors (Lipinski definition) is 0. The second-order valence-electron chi connectivity index (χ2n) is 3.73. The van der Waals surface area contributed by atoms with Crippen LogP contribution in [-0.4, -0.2) is 9.46 Å². The van der Waals surface area contributed by atoms with Crippen LogP contribution >= 0.6 is 0 Å². The summed E-state index contributed by atoms with van der Waals surface area (Å²) >= 11 is 0. The average molecular weight is 222 g/mol. The molecule has 3 heteroatoms. The van der Waals surface area contributed by atoms with E-state index in [1.165, 1.54) is 0 Å². The van der Waals surface area contributed by atoms with Crippen LogP contribution in [0, 0.1) is 0 Å². The van der Waals surface area contributed by atoms with Crippen molar-refractivity contribution in [2.75, 3.05) is 0 Å². The quantitative estimate of drug-likeness (QED) is 0.537. The maximum absolute atomic E-state index is 12.7. The zero-order chi connectivity index (χ0) is 10.8. The lowest BCUT2D eigenvalue weighted by Crippen LogP contribution is -2.09. The molecule has 1 unspecified atom stereocenters. The van der Waals surface area contributed by atoms with Crippen LogP contribution in [0.1, 0.15) is 18.0 Å². The van der Waals surface area contributed by atoms with Crippen molar-refractivity contribution >= 4 is 20.2 Å². The smallest absolute Gasteiger partial charge is 0.274 e. The van der Waals surface area contributed by atoms with Gasteiger partial charge in [0.25, 0.3) is 0 Å². The van der Waals surface area contributed by atoms with Gasteiger partial charge in [-0.2, -0.15) is 0 Å². The summed E-state index contributed by atoms with van der Waals surface area (Å²) in [5.74, 6) is 0. The Hall–Kier alpha value is -1.22. The van der Waals surface area contributed by atoms with Gasteiger partial charge in [0, 0.05) is 5.54 Å². The molecule has 0 aliphatic heterocycles. The van der Waals surface area contributed by atoms with Crippen molar-refractivity contribution in [1.29, 1.82) is 0 Å². The van der Waals surface area contributed by atoms with Crippen molar-refractivity contribution in [3.05, 3.63) is 48.0 Å². The van der Waals surface area contributed by atoms with Crippen LogP contribution in [0.2, 0.25) is 0 Å².